The third-order valence-corrected chi connectivity index (χ3v) is 11.0. The molecule has 0 saturated carbocycles. The van der Waals surface area contributed by atoms with Gasteiger partial charge in [0.15, 0.2) is 0 Å². The molecule has 4 aromatic carbocycles. The summed E-state index contributed by atoms with van der Waals surface area (Å²) in [7, 11) is -0.0360. The molecule has 5 aromatic rings. The van der Waals surface area contributed by atoms with Gasteiger partial charge in [0.25, 0.3) is 0 Å². The number of hydrogen-bond acceptors (Lipinski definition) is 2. The first-order valence-electron chi connectivity index (χ1n) is 13.0. The van der Waals surface area contributed by atoms with Crippen LogP contribution in [0.5, 0.6) is 0 Å². The number of fused-ring (bicyclic) bond motifs is 4. The average molecular weight is 704 g/mol. The van der Waals surface area contributed by atoms with Gasteiger partial charge in [0.1, 0.15) is 0 Å². The molecular formula is C33H28N4PtSi. The Balaban J connectivity index is 0.00000277. The van der Waals surface area contributed by atoms with E-state index in [1.807, 2.05) is 0 Å². The zero-order chi connectivity index (χ0) is 25.9. The quantitative estimate of drug-likeness (QED) is 0.155. The van der Waals surface area contributed by atoms with Crippen LogP contribution in [0, 0.1) is 18.8 Å². The maximum atomic E-state index is 4.81. The Kier molecular flexibility index (Phi) is 6.53. The molecule has 0 spiro atoms. The molecule has 7 rings (SSSR count). The molecule has 0 amide bonds. The number of allylic oxidation sites excluding steroid dienone is 2. The molecule has 6 heteroatoms. The van der Waals surface area contributed by atoms with Crippen molar-refractivity contribution in [1.29, 1.82) is 0 Å². The van der Waals surface area contributed by atoms with Gasteiger partial charge in [0, 0.05) is 11.4 Å². The summed E-state index contributed by atoms with van der Waals surface area (Å²) in [4.78, 5) is 4.40. The van der Waals surface area contributed by atoms with Gasteiger partial charge in [0.05, 0.1) is 8.07 Å². The summed E-state index contributed by atoms with van der Waals surface area (Å²) >= 11 is 0. The SMILES string of the molecule is CN1[CH-]N(c2[c-]c([Si](C)(C)c3[c-]c4c(cc3)c3ccccc3n4C3=CC=CC[N-]3)ccc2)c2ccccc21.[Pt+4]. The minimum atomic E-state index is -2.13. The van der Waals surface area contributed by atoms with Gasteiger partial charge in [-0.25, -0.2) is 0 Å². The monoisotopic (exact) mass is 703 g/mol. The summed E-state index contributed by atoms with van der Waals surface area (Å²) in [5.74, 6) is 0.965. The van der Waals surface area contributed by atoms with Gasteiger partial charge in [-0.1, -0.05) is 78.9 Å². The van der Waals surface area contributed by atoms with E-state index in [4.69, 9.17) is 5.32 Å². The fourth-order valence-electron chi connectivity index (χ4n) is 5.62. The van der Waals surface area contributed by atoms with Crippen LogP contribution < -0.4 is 20.2 Å². The molecule has 2 aliphatic rings. The number of nitrogens with zero attached hydrogens (tertiary/aromatic N) is 4. The Morgan fingerprint density at radius 2 is 1.59 bits per heavy atom. The topological polar surface area (TPSA) is 25.5 Å². The number of anilines is 3. The Hall–Kier alpha value is -3.53. The van der Waals surface area contributed by atoms with Crippen molar-refractivity contribution in [2.75, 3.05) is 23.4 Å². The summed E-state index contributed by atoms with van der Waals surface area (Å²) in [5.41, 5.74) is 5.70. The van der Waals surface area contributed by atoms with Crippen molar-refractivity contribution in [3.05, 3.63) is 121 Å². The van der Waals surface area contributed by atoms with Crippen LogP contribution in [-0.4, -0.2) is 26.2 Å². The number of rotatable bonds is 4. The molecule has 0 saturated heterocycles. The van der Waals surface area contributed by atoms with E-state index in [9.17, 15) is 0 Å². The fourth-order valence-corrected chi connectivity index (χ4v) is 7.79. The first kappa shape index (κ1) is 25.7. The van der Waals surface area contributed by atoms with E-state index in [0.717, 1.165) is 17.0 Å². The first-order valence-corrected chi connectivity index (χ1v) is 16.0. The smallest absolute Gasteiger partial charge is 0.504 e. The molecule has 0 bridgehead atoms. The normalized spacial score (nSPS) is 14.8. The van der Waals surface area contributed by atoms with E-state index < -0.39 is 8.07 Å². The largest absolute Gasteiger partial charge is 4.00 e. The van der Waals surface area contributed by atoms with Crippen molar-refractivity contribution >= 4 is 63.1 Å². The minimum Gasteiger partial charge on any atom is -0.504 e. The second kappa shape index (κ2) is 9.89. The van der Waals surface area contributed by atoms with Crippen LogP contribution >= 0.6 is 0 Å². The van der Waals surface area contributed by atoms with Gasteiger partial charge in [0.2, 0.25) is 0 Å². The maximum absolute atomic E-state index is 4.81. The third-order valence-electron chi connectivity index (χ3n) is 7.75. The molecule has 0 radical (unpaired) electrons. The van der Waals surface area contributed by atoms with E-state index in [-0.39, 0.29) is 21.1 Å². The number of benzene rings is 4. The number of hydrogen-bond donors (Lipinski definition) is 0. The van der Waals surface area contributed by atoms with Crippen LogP contribution in [-0.2, 0) is 21.1 Å². The van der Waals surface area contributed by atoms with E-state index >= 15 is 0 Å². The Bertz CT molecular complexity index is 1770. The second-order valence-corrected chi connectivity index (χ2v) is 14.8. The molecule has 1 aromatic heterocycles. The molecule has 0 N–H and O–H groups in total. The van der Waals surface area contributed by atoms with E-state index in [2.05, 4.69) is 150 Å². The number of aromatic nitrogens is 1. The maximum Gasteiger partial charge on any atom is 4.00 e. The average Bonchev–Trinajstić information content (AvgIpc) is 3.48. The molecule has 0 unspecified atom stereocenters. The van der Waals surface area contributed by atoms with Gasteiger partial charge in [-0.2, -0.15) is 59.5 Å². The van der Waals surface area contributed by atoms with E-state index in [0.29, 0.717) is 6.54 Å². The summed E-state index contributed by atoms with van der Waals surface area (Å²) in [5, 5.41) is 9.78. The molecular weight excluding hydrogens is 676 g/mol. The summed E-state index contributed by atoms with van der Waals surface area (Å²) in [6, 6.07) is 35.9. The van der Waals surface area contributed by atoms with Crippen molar-refractivity contribution < 1.29 is 21.1 Å². The van der Waals surface area contributed by atoms with Crippen molar-refractivity contribution in [3.8, 4) is 0 Å². The van der Waals surface area contributed by atoms with Gasteiger partial charge >= 0.3 is 21.1 Å². The van der Waals surface area contributed by atoms with Gasteiger partial charge in [-0.3, -0.25) is 0 Å². The zero-order valence-electron chi connectivity index (χ0n) is 22.1. The van der Waals surface area contributed by atoms with Crippen molar-refractivity contribution in [2.24, 2.45) is 0 Å². The predicted octanol–water partition coefficient (Wildman–Crippen LogP) is 6.66. The summed E-state index contributed by atoms with van der Waals surface area (Å²) in [6.45, 7) is 7.64. The van der Waals surface area contributed by atoms with Crippen LogP contribution in [0.3, 0.4) is 0 Å². The Labute approximate surface area is 245 Å². The minimum absolute atomic E-state index is 0. The van der Waals surface area contributed by atoms with Gasteiger partial charge in [-0.05, 0) is 31.2 Å². The molecule has 0 aliphatic carbocycles. The molecule has 2 aliphatic heterocycles. The zero-order valence-corrected chi connectivity index (χ0v) is 25.4. The third kappa shape index (κ3) is 4.16. The van der Waals surface area contributed by atoms with E-state index in [1.165, 1.54) is 38.0 Å². The number of para-hydroxylation sites is 3. The van der Waals surface area contributed by atoms with Crippen LogP contribution in [0.15, 0.2) is 97.1 Å². The van der Waals surface area contributed by atoms with Crippen molar-refractivity contribution in [1.82, 2.24) is 4.57 Å². The molecule has 4 nitrogen and oxygen atoms in total. The van der Waals surface area contributed by atoms with Crippen LogP contribution in [0.1, 0.15) is 0 Å². The molecule has 0 fully saturated rings. The second-order valence-electron chi connectivity index (χ2n) is 10.4. The Morgan fingerprint density at radius 1 is 0.821 bits per heavy atom. The van der Waals surface area contributed by atoms with Gasteiger partial charge < -0.3 is 19.7 Å². The van der Waals surface area contributed by atoms with Gasteiger partial charge in [-0.15, -0.1) is 16.6 Å². The fraction of sp³-hybridized carbons (Fsp3) is 0.121. The summed E-state index contributed by atoms with van der Waals surface area (Å²) in [6.07, 6.45) is 6.27. The Morgan fingerprint density at radius 3 is 2.41 bits per heavy atom. The molecule has 0 atom stereocenters. The molecule has 194 valence electrons. The molecule has 3 heterocycles. The molecule has 39 heavy (non-hydrogen) atoms. The van der Waals surface area contributed by atoms with E-state index in [1.54, 1.807) is 0 Å². The van der Waals surface area contributed by atoms with Crippen molar-refractivity contribution in [2.45, 2.75) is 13.1 Å². The van der Waals surface area contributed by atoms with Crippen LogP contribution in [0.2, 0.25) is 13.1 Å². The predicted molar refractivity (Wildman–Crippen MR) is 163 cm³/mol. The van der Waals surface area contributed by atoms with Crippen LogP contribution in [0.4, 0.5) is 17.1 Å². The van der Waals surface area contributed by atoms with Crippen molar-refractivity contribution in [3.63, 3.8) is 0 Å². The standard InChI is InChI=1S/C33H28N4Si.Pt/c1-35-23-36(31-16-7-6-15-30(31)35)24-11-10-12-25(21-24)38(2,3)26-18-19-28-27-13-4-5-14-29(27)37(32(28)22-26)33-17-8-9-20-34-33;/h4-19,23H,20H2,1-3H3;/q-4;+4. The summed E-state index contributed by atoms with van der Waals surface area (Å²) < 4.78 is 2.27. The first-order chi connectivity index (χ1) is 18.5. The van der Waals surface area contributed by atoms with Crippen LogP contribution in [0.25, 0.3) is 32.9 Å².